The maximum atomic E-state index is 13.4. The molecule has 0 radical (unpaired) electrons. The van der Waals surface area contributed by atoms with Gasteiger partial charge in [0.1, 0.15) is 12.4 Å². The molecule has 8 nitrogen and oxygen atoms in total. The molecule has 10 heteroatoms. The van der Waals surface area contributed by atoms with E-state index in [0.717, 1.165) is 6.20 Å². The van der Waals surface area contributed by atoms with Crippen LogP contribution < -0.4 is 4.74 Å². The van der Waals surface area contributed by atoms with E-state index in [-0.39, 0.29) is 36.2 Å². The number of carbonyl (C=O) groups is 1. The quantitative estimate of drug-likeness (QED) is 0.615. The summed E-state index contributed by atoms with van der Waals surface area (Å²) in [7, 11) is -1.17. The van der Waals surface area contributed by atoms with E-state index in [9.17, 15) is 13.4 Å². The Labute approximate surface area is 175 Å². The van der Waals surface area contributed by atoms with Crippen LogP contribution in [-0.4, -0.2) is 65.2 Å². The van der Waals surface area contributed by atoms with E-state index in [2.05, 4.69) is 15.2 Å². The van der Waals surface area contributed by atoms with E-state index in [1.165, 1.54) is 16.9 Å². The Balaban J connectivity index is 1.51. The molecule has 1 fully saturated rings. The number of pyridine rings is 1. The van der Waals surface area contributed by atoms with Crippen molar-refractivity contribution in [2.45, 2.75) is 18.2 Å². The number of ether oxygens (including phenoxy) is 1. The number of hydrogen-bond donors (Lipinski definition) is 0. The Morgan fingerprint density at radius 2 is 2.00 bits per heavy atom. The molecule has 2 aromatic heterocycles. The lowest BCUT2D eigenvalue weighted by Gasteiger charge is -2.37. The summed E-state index contributed by atoms with van der Waals surface area (Å²) in [5.41, 5.74) is 1.04. The van der Waals surface area contributed by atoms with Gasteiger partial charge < -0.3 is 9.64 Å². The van der Waals surface area contributed by atoms with E-state index in [4.69, 9.17) is 4.74 Å². The van der Waals surface area contributed by atoms with Gasteiger partial charge in [-0.15, -0.1) is 0 Å². The van der Waals surface area contributed by atoms with Crippen LogP contribution in [0, 0.1) is 5.82 Å². The highest BCUT2D eigenvalue weighted by Gasteiger charge is 2.35. The Morgan fingerprint density at radius 1 is 1.23 bits per heavy atom. The normalized spacial score (nSPS) is 21.4. The summed E-state index contributed by atoms with van der Waals surface area (Å²) in [6.45, 7) is 2.27. The average molecular weight is 429 g/mol. The van der Waals surface area contributed by atoms with Crippen LogP contribution in [0.3, 0.4) is 0 Å². The predicted octanol–water partition coefficient (Wildman–Crippen LogP) is 1.84. The van der Waals surface area contributed by atoms with Crippen LogP contribution >= 0.6 is 0 Å². The molecule has 0 N–H and O–H groups in total. The van der Waals surface area contributed by atoms with Crippen LogP contribution in [0.4, 0.5) is 4.39 Å². The lowest BCUT2D eigenvalue weighted by Crippen LogP contribution is -2.53. The highest BCUT2D eigenvalue weighted by atomic mass is 32.2. The van der Waals surface area contributed by atoms with E-state index < -0.39 is 16.6 Å². The van der Waals surface area contributed by atoms with Crippen LogP contribution in [-0.2, 0) is 10.8 Å². The maximum absolute atomic E-state index is 13.4. The van der Waals surface area contributed by atoms with Crippen LogP contribution in [0.25, 0.3) is 5.69 Å². The van der Waals surface area contributed by atoms with Crippen molar-refractivity contribution in [3.63, 3.8) is 0 Å². The molecule has 3 heterocycles. The molecule has 2 unspecified atom stereocenters. The SMILES string of the molecule is C[C@@H]1CS(=O)C(COc2ccc(F)cn2)CN1C(=O)c1ccccc1-n1nccn1. The summed E-state index contributed by atoms with van der Waals surface area (Å²) in [6.07, 6.45) is 4.15. The topological polar surface area (TPSA) is 90.2 Å². The third-order valence-electron chi connectivity index (χ3n) is 4.86. The van der Waals surface area contributed by atoms with Crippen LogP contribution in [0.5, 0.6) is 5.88 Å². The number of amides is 1. The molecule has 3 aromatic rings. The first-order valence-electron chi connectivity index (χ1n) is 9.41. The molecule has 0 bridgehead atoms. The largest absolute Gasteiger partial charge is 0.476 e. The van der Waals surface area contributed by atoms with E-state index in [1.54, 1.807) is 35.5 Å². The molecular weight excluding hydrogens is 409 g/mol. The van der Waals surface area contributed by atoms with Gasteiger partial charge in [-0.25, -0.2) is 9.37 Å². The summed E-state index contributed by atoms with van der Waals surface area (Å²) in [5, 5.41) is 7.86. The van der Waals surface area contributed by atoms with Crippen molar-refractivity contribution in [2.24, 2.45) is 0 Å². The number of hydrogen-bond acceptors (Lipinski definition) is 6. The molecule has 1 saturated heterocycles. The standard InChI is InChI=1S/C20H20FN5O3S/c1-14-13-30(28)16(12-29-19-7-6-15(21)10-22-19)11-25(14)20(27)17-4-2-3-5-18(17)26-23-8-9-24-26/h2-10,14,16H,11-13H2,1H3/t14-,16?,30?/m1/s1. The first-order valence-corrected chi connectivity index (χ1v) is 10.8. The maximum Gasteiger partial charge on any atom is 0.256 e. The fourth-order valence-electron chi connectivity index (χ4n) is 3.31. The summed E-state index contributed by atoms with van der Waals surface area (Å²) < 4.78 is 31.2. The number of nitrogens with zero attached hydrogens (tertiary/aromatic N) is 5. The van der Waals surface area contributed by atoms with E-state index in [0.29, 0.717) is 17.0 Å². The minimum Gasteiger partial charge on any atom is -0.476 e. The second kappa shape index (κ2) is 8.70. The van der Waals surface area contributed by atoms with Crippen molar-refractivity contribution >= 4 is 16.7 Å². The summed E-state index contributed by atoms with van der Waals surface area (Å²) in [5.74, 6) is -0.0461. The van der Waals surface area contributed by atoms with E-state index in [1.807, 2.05) is 13.0 Å². The van der Waals surface area contributed by atoms with Gasteiger partial charge >= 0.3 is 0 Å². The second-order valence-corrected chi connectivity index (χ2v) is 8.70. The predicted molar refractivity (Wildman–Crippen MR) is 108 cm³/mol. The van der Waals surface area contributed by atoms with Gasteiger partial charge in [0.25, 0.3) is 5.91 Å². The van der Waals surface area contributed by atoms with Crippen molar-refractivity contribution in [1.82, 2.24) is 24.9 Å². The third kappa shape index (κ3) is 4.23. The molecule has 0 spiro atoms. The first kappa shape index (κ1) is 20.1. The Bertz CT molecular complexity index is 1040. The molecule has 1 aromatic carbocycles. The number of rotatable bonds is 5. The molecule has 1 amide bonds. The van der Waals surface area contributed by atoms with Gasteiger partial charge in [-0.05, 0) is 25.1 Å². The van der Waals surface area contributed by atoms with Crippen molar-refractivity contribution < 1.29 is 18.1 Å². The van der Waals surface area contributed by atoms with Gasteiger partial charge in [-0.3, -0.25) is 9.00 Å². The van der Waals surface area contributed by atoms with Crippen LogP contribution in [0.1, 0.15) is 17.3 Å². The monoisotopic (exact) mass is 429 g/mol. The second-order valence-electron chi connectivity index (χ2n) is 6.94. The van der Waals surface area contributed by atoms with Crippen molar-refractivity contribution in [1.29, 1.82) is 0 Å². The van der Waals surface area contributed by atoms with Gasteiger partial charge in [0.2, 0.25) is 5.88 Å². The fourth-order valence-corrected chi connectivity index (χ4v) is 4.78. The van der Waals surface area contributed by atoms with Crippen LogP contribution in [0.15, 0.2) is 55.0 Å². The lowest BCUT2D eigenvalue weighted by molar-refractivity contribution is 0.0689. The van der Waals surface area contributed by atoms with Gasteiger partial charge in [0, 0.05) is 35.2 Å². The summed E-state index contributed by atoms with van der Waals surface area (Å²) in [4.78, 5) is 20.3. The Morgan fingerprint density at radius 3 is 2.73 bits per heavy atom. The fraction of sp³-hybridized carbons (Fsp3) is 0.300. The number of benzene rings is 1. The molecule has 0 saturated carbocycles. The third-order valence-corrected chi connectivity index (χ3v) is 6.70. The minimum absolute atomic E-state index is 0.115. The zero-order chi connectivity index (χ0) is 21.1. The Hall–Kier alpha value is -3.14. The zero-order valence-corrected chi connectivity index (χ0v) is 17.0. The minimum atomic E-state index is -1.17. The van der Waals surface area contributed by atoms with Crippen molar-refractivity contribution in [2.75, 3.05) is 18.9 Å². The van der Waals surface area contributed by atoms with Gasteiger partial charge in [0.05, 0.1) is 35.1 Å². The highest BCUT2D eigenvalue weighted by molar-refractivity contribution is 7.85. The van der Waals surface area contributed by atoms with Gasteiger partial charge in [-0.1, -0.05) is 12.1 Å². The average Bonchev–Trinajstić information content (AvgIpc) is 3.29. The number of halogens is 1. The molecule has 1 aliphatic rings. The molecule has 3 atom stereocenters. The Kier molecular flexibility index (Phi) is 5.84. The van der Waals surface area contributed by atoms with Gasteiger partial charge in [0.15, 0.2) is 0 Å². The molecule has 1 aliphatic heterocycles. The first-order chi connectivity index (χ1) is 14.5. The molecule has 0 aliphatic carbocycles. The molecular formula is C20H20FN5O3S. The van der Waals surface area contributed by atoms with E-state index >= 15 is 0 Å². The summed E-state index contributed by atoms with van der Waals surface area (Å²) >= 11 is 0. The zero-order valence-electron chi connectivity index (χ0n) is 16.2. The summed E-state index contributed by atoms with van der Waals surface area (Å²) in [6, 6.07) is 9.58. The number of carbonyl (C=O) groups excluding carboxylic acids is 1. The van der Waals surface area contributed by atoms with Crippen molar-refractivity contribution in [3.05, 3.63) is 66.4 Å². The molecule has 4 rings (SSSR count). The van der Waals surface area contributed by atoms with Crippen molar-refractivity contribution in [3.8, 4) is 11.6 Å². The number of para-hydroxylation sites is 1. The smallest absolute Gasteiger partial charge is 0.256 e. The lowest BCUT2D eigenvalue weighted by atomic mass is 10.1. The van der Waals surface area contributed by atoms with Gasteiger partial charge in [-0.2, -0.15) is 15.0 Å². The highest BCUT2D eigenvalue weighted by Crippen LogP contribution is 2.22. The molecule has 156 valence electrons. The van der Waals surface area contributed by atoms with Crippen LogP contribution in [0.2, 0.25) is 0 Å². The number of aromatic nitrogens is 4. The molecule has 30 heavy (non-hydrogen) atoms.